The van der Waals surface area contributed by atoms with Crippen LogP contribution in [0, 0.1) is 0 Å². The number of nitrogens with zero attached hydrogens (tertiary/aromatic N) is 1. The molecule has 1 aromatic heterocycles. The molecule has 12 heteroatoms. The van der Waals surface area contributed by atoms with Crippen LogP contribution in [0.3, 0.4) is 0 Å². The lowest BCUT2D eigenvalue weighted by atomic mass is 10.0. The van der Waals surface area contributed by atoms with Crippen molar-refractivity contribution in [3.8, 4) is 0 Å². The Morgan fingerprint density at radius 1 is 0.956 bits per heavy atom. The van der Waals surface area contributed by atoms with Crippen LogP contribution >= 0.6 is 15.9 Å². The Morgan fingerprint density at radius 3 is 2.33 bits per heavy atom. The number of primary amides is 1. The van der Waals surface area contributed by atoms with Gasteiger partial charge in [0, 0.05) is 47.9 Å². The van der Waals surface area contributed by atoms with E-state index in [2.05, 4.69) is 36.9 Å². The van der Waals surface area contributed by atoms with E-state index in [0.717, 1.165) is 32.9 Å². The lowest BCUT2D eigenvalue weighted by molar-refractivity contribution is -0.138. The first-order chi connectivity index (χ1) is 21.6. The van der Waals surface area contributed by atoms with Crippen molar-refractivity contribution >= 4 is 56.4 Å². The molecule has 6 N–H and O–H groups in total. The van der Waals surface area contributed by atoms with Gasteiger partial charge in [-0.15, -0.1) is 0 Å². The number of nitrogens with one attached hydrogen (secondary N) is 4. The van der Waals surface area contributed by atoms with E-state index in [9.17, 15) is 24.0 Å². The third kappa shape index (κ3) is 8.93. The number of rotatable bonds is 14. The van der Waals surface area contributed by atoms with Gasteiger partial charge in [0.25, 0.3) is 0 Å². The summed E-state index contributed by atoms with van der Waals surface area (Å²) in [5, 5.41) is 9.36. The summed E-state index contributed by atoms with van der Waals surface area (Å²) in [5.41, 5.74) is 8.24. The summed E-state index contributed by atoms with van der Waals surface area (Å²) in [6.07, 6.45) is 5.07. The maximum absolute atomic E-state index is 13.8. The minimum absolute atomic E-state index is 0.171. The summed E-state index contributed by atoms with van der Waals surface area (Å²) in [4.78, 5) is 69.9. The summed E-state index contributed by atoms with van der Waals surface area (Å²) < 4.78 is 0.868. The number of H-pyrrole nitrogens is 1. The van der Waals surface area contributed by atoms with Crippen LogP contribution in [0.4, 0.5) is 0 Å². The fraction of sp³-hybridized carbons (Fsp3) is 0.424. The minimum Gasteiger partial charge on any atom is -0.368 e. The van der Waals surface area contributed by atoms with Gasteiger partial charge in [-0.3, -0.25) is 24.0 Å². The van der Waals surface area contributed by atoms with Crippen LogP contribution in [0.25, 0.3) is 10.9 Å². The monoisotopic (exact) mass is 680 g/mol. The Hall–Kier alpha value is -4.19. The zero-order chi connectivity index (χ0) is 32.5. The Morgan fingerprint density at radius 2 is 1.64 bits per heavy atom. The number of nitrogens with two attached hydrogens (primary N) is 1. The van der Waals surface area contributed by atoms with Crippen molar-refractivity contribution in [2.45, 2.75) is 83.0 Å². The molecule has 2 aromatic carbocycles. The highest BCUT2D eigenvalue weighted by Crippen LogP contribution is 2.20. The van der Waals surface area contributed by atoms with Gasteiger partial charge in [-0.05, 0) is 48.6 Å². The van der Waals surface area contributed by atoms with Gasteiger partial charge >= 0.3 is 0 Å². The lowest BCUT2D eigenvalue weighted by Gasteiger charge is -2.27. The molecule has 0 saturated carbocycles. The van der Waals surface area contributed by atoms with Crippen molar-refractivity contribution in [1.82, 2.24) is 25.8 Å². The van der Waals surface area contributed by atoms with Gasteiger partial charge in [0.05, 0.1) is 0 Å². The van der Waals surface area contributed by atoms with Crippen molar-refractivity contribution in [2.24, 2.45) is 5.73 Å². The van der Waals surface area contributed by atoms with Crippen LogP contribution in [-0.2, 0) is 36.8 Å². The normalized spacial score (nSPS) is 16.5. The third-order valence-corrected chi connectivity index (χ3v) is 8.71. The smallest absolute Gasteiger partial charge is 0.243 e. The van der Waals surface area contributed by atoms with Crippen molar-refractivity contribution in [1.29, 1.82) is 0 Å². The molecule has 1 fully saturated rings. The summed E-state index contributed by atoms with van der Waals surface area (Å²) in [5.74, 6) is -2.38. The summed E-state index contributed by atoms with van der Waals surface area (Å²) in [6.45, 7) is 3.88. The molecule has 3 aromatic rings. The highest BCUT2D eigenvalue weighted by atomic mass is 79.9. The molecule has 0 unspecified atom stereocenters. The number of aromatic nitrogens is 1. The van der Waals surface area contributed by atoms with Gasteiger partial charge in [-0.1, -0.05) is 66.0 Å². The number of likely N-dealkylation sites (tertiary alicyclic amines) is 1. The van der Waals surface area contributed by atoms with Crippen LogP contribution in [0.15, 0.2) is 59.2 Å². The molecular formula is C33H41BrN6O5. The Balaban J connectivity index is 1.51. The van der Waals surface area contributed by atoms with E-state index in [1.165, 1.54) is 11.8 Å². The molecule has 0 radical (unpaired) electrons. The SMILES string of the molecule is CCCC[C@H](NC(=O)[C@@H](Cc1ccc(Br)cc1)NC(=O)[C@@H]1CCCN1C(C)=O)C(=O)N[C@@H](Cc1c[nH]c2ccccc12)C(N)=O. The van der Waals surface area contributed by atoms with Crippen LogP contribution < -0.4 is 21.7 Å². The highest BCUT2D eigenvalue weighted by molar-refractivity contribution is 9.10. The van der Waals surface area contributed by atoms with Gasteiger partial charge in [-0.2, -0.15) is 0 Å². The standard InChI is InChI=1S/C33H41BrN6O5/c1-3-4-9-26(31(43)38-27(30(35)42)18-22-19-36-25-10-6-5-8-24(22)25)37-32(44)28(17-21-12-14-23(34)15-13-21)39-33(45)29-11-7-16-40(29)20(2)41/h5-6,8,10,12-15,19,26-29,36H,3-4,7,9,11,16-18H2,1-2H3,(H2,35,42)(H,37,44)(H,38,43)(H,39,45)/t26-,27-,28+,29-/m0/s1. The molecule has 240 valence electrons. The second kappa shape index (κ2) is 15.7. The summed E-state index contributed by atoms with van der Waals surface area (Å²) >= 11 is 3.41. The van der Waals surface area contributed by atoms with E-state index < -0.39 is 47.8 Å². The van der Waals surface area contributed by atoms with Crippen LogP contribution in [0.5, 0.6) is 0 Å². The van der Waals surface area contributed by atoms with E-state index >= 15 is 0 Å². The predicted molar refractivity (Wildman–Crippen MR) is 175 cm³/mol. The molecule has 1 aliphatic rings. The Labute approximate surface area is 271 Å². The van der Waals surface area contributed by atoms with Crippen molar-refractivity contribution in [3.63, 3.8) is 0 Å². The van der Waals surface area contributed by atoms with Crippen LogP contribution in [-0.4, -0.2) is 70.1 Å². The number of hydrogen-bond donors (Lipinski definition) is 5. The van der Waals surface area contributed by atoms with Gasteiger partial charge < -0.3 is 31.6 Å². The van der Waals surface area contributed by atoms with Crippen LogP contribution in [0.1, 0.15) is 57.1 Å². The zero-order valence-electron chi connectivity index (χ0n) is 25.6. The molecule has 45 heavy (non-hydrogen) atoms. The zero-order valence-corrected chi connectivity index (χ0v) is 27.2. The predicted octanol–water partition coefficient (Wildman–Crippen LogP) is 2.86. The fourth-order valence-corrected chi connectivity index (χ4v) is 5.98. The second-order valence-electron chi connectivity index (χ2n) is 11.5. The van der Waals surface area contributed by atoms with E-state index in [-0.39, 0.29) is 18.7 Å². The second-order valence-corrected chi connectivity index (χ2v) is 12.4. The third-order valence-electron chi connectivity index (χ3n) is 8.18. The number of carbonyl (C=O) groups is 5. The molecule has 0 aliphatic carbocycles. The fourth-order valence-electron chi connectivity index (χ4n) is 5.71. The number of para-hydroxylation sites is 1. The number of carbonyl (C=O) groups excluding carboxylic acids is 5. The van der Waals surface area contributed by atoms with Crippen molar-refractivity contribution in [2.75, 3.05) is 6.54 Å². The maximum Gasteiger partial charge on any atom is 0.243 e. The van der Waals surface area contributed by atoms with Gasteiger partial charge in [0.1, 0.15) is 24.2 Å². The number of aromatic amines is 1. The maximum atomic E-state index is 13.8. The molecule has 2 heterocycles. The van der Waals surface area contributed by atoms with E-state index in [4.69, 9.17) is 5.73 Å². The summed E-state index contributed by atoms with van der Waals surface area (Å²) in [6, 6.07) is 11.4. The molecular weight excluding hydrogens is 640 g/mol. The van der Waals surface area contributed by atoms with Gasteiger partial charge in [0.2, 0.25) is 29.5 Å². The largest absolute Gasteiger partial charge is 0.368 e. The molecule has 0 bridgehead atoms. The lowest BCUT2D eigenvalue weighted by Crippen LogP contribution is -2.58. The van der Waals surface area contributed by atoms with Gasteiger partial charge in [-0.25, -0.2) is 0 Å². The molecule has 1 saturated heterocycles. The Kier molecular flexibility index (Phi) is 11.8. The van der Waals surface area contributed by atoms with Crippen molar-refractivity contribution < 1.29 is 24.0 Å². The number of halogens is 1. The van der Waals surface area contributed by atoms with Crippen molar-refractivity contribution in [3.05, 3.63) is 70.3 Å². The molecule has 0 spiro atoms. The first-order valence-electron chi connectivity index (χ1n) is 15.3. The van der Waals surface area contributed by atoms with E-state index in [1.54, 1.807) is 6.20 Å². The molecule has 5 amide bonds. The van der Waals surface area contributed by atoms with Crippen LogP contribution in [0.2, 0.25) is 0 Å². The number of fused-ring (bicyclic) bond motifs is 1. The highest BCUT2D eigenvalue weighted by Gasteiger charge is 2.35. The first kappa shape index (κ1) is 33.7. The average molecular weight is 682 g/mol. The number of benzene rings is 2. The number of hydrogen-bond acceptors (Lipinski definition) is 5. The quantitative estimate of drug-likeness (QED) is 0.176. The average Bonchev–Trinajstić information content (AvgIpc) is 3.67. The molecule has 4 atom stereocenters. The molecule has 1 aliphatic heterocycles. The van der Waals surface area contributed by atoms with E-state index in [0.29, 0.717) is 32.2 Å². The number of unbranched alkanes of at least 4 members (excludes halogenated alkanes) is 1. The molecule has 11 nitrogen and oxygen atoms in total. The first-order valence-corrected chi connectivity index (χ1v) is 16.1. The topological polar surface area (TPSA) is 166 Å². The van der Waals surface area contributed by atoms with Gasteiger partial charge in [0.15, 0.2) is 0 Å². The minimum atomic E-state index is -1.01. The van der Waals surface area contributed by atoms with E-state index in [1.807, 2.05) is 55.5 Å². The molecule has 4 rings (SSSR count). The Bertz CT molecular complexity index is 1520. The number of amides is 5. The summed E-state index contributed by atoms with van der Waals surface area (Å²) in [7, 11) is 0.